The van der Waals surface area contributed by atoms with Gasteiger partial charge < -0.3 is 15.4 Å². The summed E-state index contributed by atoms with van der Waals surface area (Å²) in [6, 6.07) is 0. The third-order valence-electron chi connectivity index (χ3n) is 2.90. The topological polar surface area (TPSA) is 72.6 Å². The van der Waals surface area contributed by atoms with Crippen LogP contribution in [0.3, 0.4) is 0 Å². The molecule has 0 saturated carbocycles. The fraction of sp³-hybridized carbons (Fsp3) is 0.846. The lowest BCUT2D eigenvalue weighted by atomic mass is 10.0. The Kier molecular flexibility index (Phi) is 9.28. The smallest absolute Gasteiger partial charge is 0.325 e. The Morgan fingerprint density at radius 1 is 1.33 bits per heavy atom. The SMILES string of the molecule is CCCN(CC(=O)OC)C(=O)CCC(C)CCN. The number of carbonyl (C=O) groups excluding carboxylic acids is 2. The summed E-state index contributed by atoms with van der Waals surface area (Å²) in [6.45, 7) is 5.36. The average Bonchev–Trinajstić information content (AvgIpc) is 2.35. The molecule has 1 amide bonds. The summed E-state index contributed by atoms with van der Waals surface area (Å²) in [5, 5.41) is 0. The van der Waals surface area contributed by atoms with Crippen molar-refractivity contribution < 1.29 is 14.3 Å². The molecule has 0 aliphatic heterocycles. The number of nitrogens with zero attached hydrogens (tertiary/aromatic N) is 1. The van der Waals surface area contributed by atoms with Crippen molar-refractivity contribution >= 4 is 11.9 Å². The second-order valence-electron chi connectivity index (χ2n) is 4.61. The molecule has 1 unspecified atom stereocenters. The van der Waals surface area contributed by atoms with Crippen LogP contribution in [0.2, 0.25) is 0 Å². The van der Waals surface area contributed by atoms with Crippen LogP contribution >= 0.6 is 0 Å². The lowest BCUT2D eigenvalue weighted by Crippen LogP contribution is -2.36. The van der Waals surface area contributed by atoms with E-state index in [4.69, 9.17) is 5.73 Å². The Bertz CT molecular complexity index is 257. The van der Waals surface area contributed by atoms with Gasteiger partial charge in [0.05, 0.1) is 7.11 Å². The minimum absolute atomic E-state index is 0.0196. The van der Waals surface area contributed by atoms with Crippen molar-refractivity contribution in [3.8, 4) is 0 Å². The first-order chi connectivity index (χ1) is 8.54. The molecule has 0 saturated heterocycles. The summed E-state index contributed by atoms with van der Waals surface area (Å²) in [5.74, 6) is 0.0958. The third-order valence-corrected chi connectivity index (χ3v) is 2.90. The van der Waals surface area contributed by atoms with Gasteiger partial charge in [0, 0.05) is 13.0 Å². The maximum atomic E-state index is 12.0. The minimum atomic E-state index is -0.369. The van der Waals surface area contributed by atoms with E-state index in [9.17, 15) is 9.59 Å². The molecular weight excluding hydrogens is 232 g/mol. The first kappa shape index (κ1) is 16.9. The highest BCUT2D eigenvalue weighted by Gasteiger charge is 2.17. The number of nitrogens with two attached hydrogens (primary N) is 1. The van der Waals surface area contributed by atoms with E-state index in [-0.39, 0.29) is 18.4 Å². The second kappa shape index (κ2) is 9.88. The van der Waals surface area contributed by atoms with Gasteiger partial charge in [0.1, 0.15) is 6.54 Å². The summed E-state index contributed by atoms with van der Waals surface area (Å²) in [5.41, 5.74) is 5.47. The number of ether oxygens (including phenoxy) is 1. The molecule has 0 fully saturated rings. The highest BCUT2D eigenvalue weighted by Crippen LogP contribution is 2.11. The Balaban J connectivity index is 4.17. The quantitative estimate of drug-likeness (QED) is 0.630. The van der Waals surface area contributed by atoms with Crippen LogP contribution < -0.4 is 5.73 Å². The molecule has 5 nitrogen and oxygen atoms in total. The van der Waals surface area contributed by atoms with Crippen molar-refractivity contribution in [3.05, 3.63) is 0 Å². The standard InChI is InChI=1S/C13H26N2O3/c1-4-9-15(10-13(17)18-3)12(16)6-5-11(2)7-8-14/h11H,4-10,14H2,1-3H3. The molecule has 1 atom stereocenters. The van der Waals surface area contributed by atoms with Crippen molar-refractivity contribution in [3.63, 3.8) is 0 Å². The van der Waals surface area contributed by atoms with Gasteiger partial charge in [-0.05, 0) is 31.7 Å². The van der Waals surface area contributed by atoms with Crippen molar-refractivity contribution in [1.29, 1.82) is 0 Å². The maximum absolute atomic E-state index is 12.0. The molecule has 0 aromatic carbocycles. The molecule has 0 radical (unpaired) electrons. The lowest BCUT2D eigenvalue weighted by molar-refractivity contribution is -0.147. The van der Waals surface area contributed by atoms with Crippen LogP contribution in [-0.4, -0.2) is 43.5 Å². The van der Waals surface area contributed by atoms with Gasteiger partial charge in [0.2, 0.25) is 5.91 Å². The number of carbonyl (C=O) groups is 2. The Labute approximate surface area is 110 Å². The summed E-state index contributed by atoms with van der Waals surface area (Å²) in [7, 11) is 1.33. The van der Waals surface area contributed by atoms with Crippen molar-refractivity contribution in [1.82, 2.24) is 4.90 Å². The zero-order valence-electron chi connectivity index (χ0n) is 11.8. The molecule has 5 heteroatoms. The summed E-state index contributed by atoms with van der Waals surface area (Å²) < 4.78 is 4.59. The van der Waals surface area contributed by atoms with Crippen LogP contribution in [0.4, 0.5) is 0 Å². The number of amides is 1. The van der Waals surface area contributed by atoms with Crippen LogP contribution in [0.25, 0.3) is 0 Å². The van der Waals surface area contributed by atoms with Crippen molar-refractivity contribution in [2.24, 2.45) is 11.7 Å². The van der Waals surface area contributed by atoms with Gasteiger partial charge in [0.25, 0.3) is 0 Å². The third kappa shape index (κ3) is 7.27. The first-order valence-corrected chi connectivity index (χ1v) is 6.59. The van der Waals surface area contributed by atoms with E-state index in [2.05, 4.69) is 11.7 Å². The zero-order chi connectivity index (χ0) is 14.0. The summed E-state index contributed by atoms with van der Waals surface area (Å²) in [6.07, 6.45) is 3.05. The van der Waals surface area contributed by atoms with Gasteiger partial charge in [-0.3, -0.25) is 9.59 Å². The normalized spacial score (nSPS) is 12.0. The lowest BCUT2D eigenvalue weighted by Gasteiger charge is -2.21. The Morgan fingerprint density at radius 2 is 2.00 bits per heavy atom. The molecule has 0 heterocycles. The number of esters is 1. The van der Waals surface area contributed by atoms with E-state index in [1.807, 2.05) is 6.92 Å². The molecular formula is C13H26N2O3. The van der Waals surface area contributed by atoms with E-state index >= 15 is 0 Å². The Hall–Kier alpha value is -1.10. The van der Waals surface area contributed by atoms with Crippen LogP contribution in [0.5, 0.6) is 0 Å². The second-order valence-corrected chi connectivity index (χ2v) is 4.61. The predicted octanol–water partition coefficient (Wildman–Crippen LogP) is 1.16. The fourth-order valence-electron chi connectivity index (χ4n) is 1.74. The summed E-state index contributed by atoms with van der Waals surface area (Å²) in [4.78, 5) is 24.8. The molecule has 18 heavy (non-hydrogen) atoms. The predicted molar refractivity (Wildman–Crippen MR) is 71.0 cm³/mol. The molecule has 0 aliphatic carbocycles. The van der Waals surface area contributed by atoms with Gasteiger partial charge in [-0.25, -0.2) is 0 Å². The number of rotatable bonds is 9. The molecule has 0 bridgehead atoms. The van der Waals surface area contributed by atoms with E-state index < -0.39 is 0 Å². The molecule has 2 N–H and O–H groups in total. The number of hydrogen-bond donors (Lipinski definition) is 1. The zero-order valence-corrected chi connectivity index (χ0v) is 11.8. The van der Waals surface area contributed by atoms with Crippen molar-refractivity contribution in [2.75, 3.05) is 26.7 Å². The highest BCUT2D eigenvalue weighted by molar-refractivity contribution is 5.82. The van der Waals surface area contributed by atoms with Gasteiger partial charge in [-0.1, -0.05) is 13.8 Å². The van der Waals surface area contributed by atoms with Crippen molar-refractivity contribution in [2.45, 2.75) is 39.5 Å². The highest BCUT2D eigenvalue weighted by atomic mass is 16.5. The molecule has 0 aromatic rings. The molecule has 106 valence electrons. The van der Waals surface area contributed by atoms with Crippen LogP contribution in [0.1, 0.15) is 39.5 Å². The van der Waals surface area contributed by atoms with E-state index in [0.29, 0.717) is 25.4 Å². The van der Waals surface area contributed by atoms with Gasteiger partial charge in [-0.2, -0.15) is 0 Å². The van der Waals surface area contributed by atoms with E-state index in [1.54, 1.807) is 4.90 Å². The first-order valence-electron chi connectivity index (χ1n) is 6.59. The minimum Gasteiger partial charge on any atom is -0.468 e. The maximum Gasteiger partial charge on any atom is 0.325 e. The van der Waals surface area contributed by atoms with Gasteiger partial charge >= 0.3 is 5.97 Å². The van der Waals surface area contributed by atoms with E-state index in [0.717, 1.165) is 19.3 Å². The Morgan fingerprint density at radius 3 is 2.50 bits per heavy atom. The molecule has 0 rings (SSSR count). The van der Waals surface area contributed by atoms with Crippen LogP contribution in [0, 0.1) is 5.92 Å². The summed E-state index contributed by atoms with van der Waals surface area (Å²) >= 11 is 0. The van der Waals surface area contributed by atoms with Crippen LogP contribution in [0.15, 0.2) is 0 Å². The van der Waals surface area contributed by atoms with E-state index in [1.165, 1.54) is 7.11 Å². The molecule has 0 aliphatic rings. The number of hydrogen-bond acceptors (Lipinski definition) is 4. The van der Waals surface area contributed by atoms with Crippen LogP contribution in [-0.2, 0) is 14.3 Å². The van der Waals surface area contributed by atoms with Gasteiger partial charge in [0.15, 0.2) is 0 Å². The monoisotopic (exact) mass is 258 g/mol. The fourth-order valence-corrected chi connectivity index (χ4v) is 1.74. The van der Waals surface area contributed by atoms with Gasteiger partial charge in [-0.15, -0.1) is 0 Å². The molecule has 0 aromatic heterocycles. The molecule has 0 spiro atoms. The largest absolute Gasteiger partial charge is 0.468 e. The number of methoxy groups -OCH3 is 1. The average molecular weight is 258 g/mol.